The van der Waals surface area contributed by atoms with E-state index in [-0.39, 0.29) is 30.4 Å². The first-order valence-electron chi connectivity index (χ1n) is 11.0. The maximum absolute atomic E-state index is 13.1. The number of carbonyl (C=O) groups excluding carboxylic acids is 3. The number of nitrogens with two attached hydrogens (primary N) is 1. The molecule has 9 nitrogen and oxygen atoms in total. The Balaban J connectivity index is 3.09. The van der Waals surface area contributed by atoms with E-state index in [1.165, 1.54) is 0 Å². The van der Waals surface area contributed by atoms with Gasteiger partial charge in [0.1, 0.15) is 18.1 Å². The number of nitrogens with one attached hydrogen (secondary N) is 3. The first-order chi connectivity index (χ1) is 15.5. The Morgan fingerprint density at radius 2 is 1.48 bits per heavy atom. The average Bonchev–Trinajstić information content (AvgIpc) is 2.75. The van der Waals surface area contributed by atoms with E-state index in [0.29, 0.717) is 0 Å². The maximum Gasteiger partial charge on any atom is 0.326 e. The molecule has 184 valence electrons. The van der Waals surface area contributed by atoms with Gasteiger partial charge >= 0.3 is 5.97 Å². The zero-order valence-corrected chi connectivity index (χ0v) is 20.5. The summed E-state index contributed by atoms with van der Waals surface area (Å²) in [6.07, 6.45) is 0.403. The molecule has 1 rings (SSSR count). The van der Waals surface area contributed by atoms with Crippen LogP contribution in [0.15, 0.2) is 30.3 Å². The summed E-state index contributed by atoms with van der Waals surface area (Å²) in [5, 5.41) is 17.3. The summed E-state index contributed by atoms with van der Waals surface area (Å²) in [6, 6.07) is 5.13. The number of hydrogen-bond acceptors (Lipinski definition) is 6. The van der Waals surface area contributed by atoms with Gasteiger partial charge in [0.25, 0.3) is 0 Å². The molecule has 4 atom stereocenters. The largest absolute Gasteiger partial charge is 0.480 e. The highest BCUT2D eigenvalue weighted by atomic mass is 32.1. The second-order valence-electron chi connectivity index (χ2n) is 8.80. The van der Waals surface area contributed by atoms with E-state index in [1.807, 2.05) is 32.0 Å². The third-order valence-electron chi connectivity index (χ3n) is 5.02. The SMILES string of the molecule is CC(C)CC(NC(=O)C(Cc1ccccc1)NC(=O)C(NC(=O)C(N)CS)C(C)C)C(=O)O. The van der Waals surface area contributed by atoms with E-state index in [9.17, 15) is 24.3 Å². The summed E-state index contributed by atoms with van der Waals surface area (Å²) in [7, 11) is 0. The van der Waals surface area contributed by atoms with Gasteiger partial charge in [0, 0.05) is 12.2 Å². The third-order valence-corrected chi connectivity index (χ3v) is 5.41. The molecule has 0 radical (unpaired) electrons. The Hall–Kier alpha value is -2.59. The Labute approximate surface area is 200 Å². The number of hydrogen-bond donors (Lipinski definition) is 6. The van der Waals surface area contributed by atoms with Crippen molar-refractivity contribution >= 4 is 36.3 Å². The van der Waals surface area contributed by atoms with Gasteiger partial charge in [0.2, 0.25) is 17.7 Å². The molecule has 10 heteroatoms. The Kier molecular flexibility index (Phi) is 11.9. The van der Waals surface area contributed by atoms with E-state index in [2.05, 4.69) is 28.6 Å². The van der Waals surface area contributed by atoms with Gasteiger partial charge in [0.15, 0.2) is 0 Å². The van der Waals surface area contributed by atoms with Crippen LogP contribution in [-0.4, -0.2) is 58.7 Å². The number of thiol groups is 1. The van der Waals surface area contributed by atoms with E-state index < -0.39 is 47.9 Å². The summed E-state index contributed by atoms with van der Waals surface area (Å²) < 4.78 is 0. The monoisotopic (exact) mass is 480 g/mol. The molecule has 6 N–H and O–H groups in total. The number of carboxylic acids is 1. The van der Waals surface area contributed by atoms with Crippen molar-refractivity contribution in [2.45, 2.75) is 64.7 Å². The lowest BCUT2D eigenvalue weighted by Crippen LogP contribution is -2.59. The number of carbonyl (C=O) groups is 4. The second-order valence-corrected chi connectivity index (χ2v) is 9.16. The Morgan fingerprint density at radius 1 is 0.909 bits per heavy atom. The summed E-state index contributed by atoms with van der Waals surface area (Å²) in [5.74, 6) is -2.96. The molecule has 0 aliphatic carbocycles. The highest BCUT2D eigenvalue weighted by Crippen LogP contribution is 2.09. The van der Waals surface area contributed by atoms with Crippen molar-refractivity contribution < 1.29 is 24.3 Å². The number of amides is 3. The van der Waals surface area contributed by atoms with E-state index in [1.54, 1.807) is 26.0 Å². The summed E-state index contributed by atoms with van der Waals surface area (Å²) in [4.78, 5) is 49.9. The lowest BCUT2D eigenvalue weighted by atomic mass is 9.99. The summed E-state index contributed by atoms with van der Waals surface area (Å²) >= 11 is 4.00. The molecule has 33 heavy (non-hydrogen) atoms. The van der Waals surface area contributed by atoms with Gasteiger partial charge in [0.05, 0.1) is 6.04 Å². The highest BCUT2D eigenvalue weighted by Gasteiger charge is 2.31. The van der Waals surface area contributed by atoms with Gasteiger partial charge in [-0.1, -0.05) is 58.0 Å². The summed E-state index contributed by atoms with van der Waals surface area (Å²) in [6.45, 7) is 7.23. The van der Waals surface area contributed by atoms with Gasteiger partial charge in [-0.2, -0.15) is 12.6 Å². The first-order valence-corrected chi connectivity index (χ1v) is 11.6. The van der Waals surface area contributed by atoms with Crippen molar-refractivity contribution in [1.82, 2.24) is 16.0 Å². The van der Waals surface area contributed by atoms with Gasteiger partial charge < -0.3 is 26.8 Å². The van der Waals surface area contributed by atoms with Crippen LogP contribution < -0.4 is 21.7 Å². The topological polar surface area (TPSA) is 151 Å². The molecule has 4 unspecified atom stereocenters. The number of benzene rings is 1. The number of aliphatic carboxylic acids is 1. The number of rotatable bonds is 13. The molecular weight excluding hydrogens is 444 g/mol. The maximum atomic E-state index is 13.1. The van der Waals surface area contributed by atoms with Gasteiger partial charge in [-0.05, 0) is 23.8 Å². The van der Waals surface area contributed by atoms with Gasteiger partial charge in [-0.15, -0.1) is 0 Å². The molecule has 0 saturated carbocycles. The lowest BCUT2D eigenvalue weighted by molar-refractivity contribution is -0.142. The van der Waals surface area contributed by atoms with E-state index >= 15 is 0 Å². The molecule has 0 fully saturated rings. The predicted molar refractivity (Wildman–Crippen MR) is 130 cm³/mol. The van der Waals surface area contributed by atoms with Crippen LogP contribution in [0.2, 0.25) is 0 Å². The summed E-state index contributed by atoms with van der Waals surface area (Å²) in [5.41, 5.74) is 6.49. The molecule has 1 aromatic rings. The van der Waals surface area contributed by atoms with Crippen LogP contribution in [0.1, 0.15) is 39.7 Å². The van der Waals surface area contributed by atoms with Crippen molar-refractivity contribution in [3.63, 3.8) is 0 Å². The molecule has 0 aromatic heterocycles. The van der Waals surface area contributed by atoms with Crippen molar-refractivity contribution in [2.75, 3.05) is 5.75 Å². The molecule has 0 heterocycles. The standard InChI is InChI=1S/C23H36N4O5S/c1-13(2)10-18(23(31)32)26-21(29)17(11-15-8-6-5-7-9-15)25-22(30)19(14(3)4)27-20(28)16(24)12-33/h5-9,13-14,16-19,33H,10-12,24H2,1-4H3,(H,25,30)(H,26,29)(H,27,28)(H,31,32). The molecule has 0 bridgehead atoms. The zero-order valence-electron chi connectivity index (χ0n) is 19.6. The third kappa shape index (κ3) is 9.83. The zero-order chi connectivity index (χ0) is 25.1. The van der Waals surface area contributed by atoms with Crippen molar-refractivity contribution in [2.24, 2.45) is 17.6 Å². The van der Waals surface area contributed by atoms with Crippen LogP contribution in [0.3, 0.4) is 0 Å². The molecule has 0 aliphatic heterocycles. The molecular formula is C23H36N4O5S. The lowest BCUT2D eigenvalue weighted by Gasteiger charge is -2.27. The van der Waals surface area contributed by atoms with Crippen LogP contribution in [0, 0.1) is 11.8 Å². The average molecular weight is 481 g/mol. The molecule has 0 saturated heterocycles. The van der Waals surface area contributed by atoms with Crippen molar-refractivity contribution in [3.05, 3.63) is 35.9 Å². The van der Waals surface area contributed by atoms with Crippen LogP contribution in [0.25, 0.3) is 0 Å². The minimum Gasteiger partial charge on any atom is -0.480 e. The van der Waals surface area contributed by atoms with Crippen molar-refractivity contribution in [3.8, 4) is 0 Å². The Morgan fingerprint density at radius 3 is 1.97 bits per heavy atom. The van der Waals surface area contributed by atoms with Crippen LogP contribution >= 0.6 is 12.6 Å². The fraction of sp³-hybridized carbons (Fsp3) is 0.565. The van der Waals surface area contributed by atoms with E-state index in [4.69, 9.17) is 5.73 Å². The normalized spacial score (nSPS) is 14.8. The molecule has 0 aliphatic rings. The van der Waals surface area contributed by atoms with Crippen LogP contribution in [-0.2, 0) is 25.6 Å². The van der Waals surface area contributed by atoms with Crippen molar-refractivity contribution in [1.29, 1.82) is 0 Å². The highest BCUT2D eigenvalue weighted by molar-refractivity contribution is 7.80. The van der Waals surface area contributed by atoms with Crippen LogP contribution in [0.5, 0.6) is 0 Å². The van der Waals surface area contributed by atoms with Gasteiger partial charge in [-0.3, -0.25) is 14.4 Å². The molecule has 1 aromatic carbocycles. The van der Waals surface area contributed by atoms with Gasteiger partial charge in [-0.25, -0.2) is 4.79 Å². The minimum atomic E-state index is -1.14. The molecule has 3 amide bonds. The quantitative estimate of drug-likeness (QED) is 0.229. The molecule has 0 spiro atoms. The fourth-order valence-corrected chi connectivity index (χ4v) is 3.33. The second kappa shape index (κ2) is 13.8. The predicted octanol–water partition coefficient (Wildman–Crippen LogP) is 0.727. The fourth-order valence-electron chi connectivity index (χ4n) is 3.16. The number of carboxylic acid groups (broad SMARTS) is 1. The first kappa shape index (κ1) is 28.4. The van der Waals surface area contributed by atoms with Crippen LogP contribution in [0.4, 0.5) is 0 Å². The van der Waals surface area contributed by atoms with E-state index in [0.717, 1.165) is 5.56 Å². The Bertz CT molecular complexity index is 803. The smallest absolute Gasteiger partial charge is 0.326 e. The minimum absolute atomic E-state index is 0.0464.